The van der Waals surface area contributed by atoms with Gasteiger partial charge in [0.15, 0.2) is 0 Å². The highest BCUT2D eigenvalue weighted by Gasteiger charge is 2.16. The molecule has 1 amide bonds. The molecule has 0 radical (unpaired) electrons. The van der Waals surface area contributed by atoms with Crippen LogP contribution in [-0.2, 0) is 13.0 Å². The number of nitrogens with zero attached hydrogens (tertiary/aromatic N) is 3. The Kier molecular flexibility index (Phi) is 5.90. The lowest BCUT2D eigenvalue weighted by atomic mass is 10.1. The number of nitrogens with one attached hydrogen (secondary N) is 1. The summed E-state index contributed by atoms with van der Waals surface area (Å²) in [5.41, 5.74) is 2.62. The lowest BCUT2D eigenvalue weighted by Gasteiger charge is -2.09. The van der Waals surface area contributed by atoms with Crippen molar-refractivity contribution in [2.75, 3.05) is 0 Å². The third-order valence-electron chi connectivity index (χ3n) is 4.87. The van der Waals surface area contributed by atoms with E-state index in [9.17, 15) is 13.6 Å². The van der Waals surface area contributed by atoms with Crippen LogP contribution in [0.3, 0.4) is 0 Å². The van der Waals surface area contributed by atoms with Gasteiger partial charge in [0.1, 0.15) is 22.3 Å². The topological polar surface area (TPSA) is 59.8 Å². The second kappa shape index (κ2) is 8.77. The number of rotatable bonds is 6. The molecule has 0 aliphatic rings. The number of halogens is 2. The maximum Gasteiger partial charge on any atom is 0.263 e. The molecule has 0 aliphatic heterocycles. The van der Waals surface area contributed by atoms with E-state index in [1.165, 1.54) is 29.5 Å². The van der Waals surface area contributed by atoms with Crippen molar-refractivity contribution in [3.63, 3.8) is 0 Å². The summed E-state index contributed by atoms with van der Waals surface area (Å²) in [6, 6.07) is 11.1. The number of hydrogen-bond acceptors (Lipinski definition) is 4. The smallest absolute Gasteiger partial charge is 0.263 e. The first-order chi connectivity index (χ1) is 14.9. The van der Waals surface area contributed by atoms with E-state index < -0.39 is 0 Å². The standard InChI is InChI=1S/C23H20F2N4OS/c1-14-22(31-21(28-14)12-16-3-6-18(24)7-4-16)23(30)27-13-17-5-8-20(19(25)11-17)29-10-9-26-15(29)2/h3-11H,12-13H2,1-2H3,(H,27,30). The SMILES string of the molecule is Cc1nc(Cc2ccc(F)cc2)sc1C(=O)NCc1ccc(-n2ccnc2C)c(F)c1. The number of imidazole rings is 1. The molecule has 1 N–H and O–H groups in total. The molecule has 2 aromatic heterocycles. The Labute approximate surface area is 182 Å². The molecule has 0 aliphatic carbocycles. The van der Waals surface area contributed by atoms with E-state index in [0.29, 0.717) is 34.1 Å². The van der Waals surface area contributed by atoms with Crippen LogP contribution in [0.5, 0.6) is 0 Å². The van der Waals surface area contributed by atoms with Gasteiger partial charge in [-0.3, -0.25) is 4.79 Å². The van der Waals surface area contributed by atoms with E-state index in [1.807, 2.05) is 0 Å². The predicted molar refractivity (Wildman–Crippen MR) is 115 cm³/mol. The van der Waals surface area contributed by atoms with E-state index in [-0.39, 0.29) is 24.1 Å². The van der Waals surface area contributed by atoms with Gasteiger partial charge in [-0.2, -0.15) is 0 Å². The van der Waals surface area contributed by atoms with E-state index in [4.69, 9.17) is 0 Å². The minimum Gasteiger partial charge on any atom is -0.347 e. The number of aromatic nitrogens is 3. The summed E-state index contributed by atoms with van der Waals surface area (Å²) in [5, 5.41) is 3.61. The first-order valence-electron chi connectivity index (χ1n) is 9.68. The Balaban J connectivity index is 1.42. The van der Waals surface area contributed by atoms with Crippen LogP contribution >= 0.6 is 11.3 Å². The normalized spacial score (nSPS) is 11.0. The average Bonchev–Trinajstić information content (AvgIpc) is 3.33. The number of carbonyl (C=O) groups excluding carboxylic acids is 1. The van der Waals surface area contributed by atoms with Gasteiger partial charge >= 0.3 is 0 Å². The van der Waals surface area contributed by atoms with Crippen molar-refractivity contribution in [3.8, 4) is 5.69 Å². The highest BCUT2D eigenvalue weighted by atomic mass is 32.1. The van der Waals surface area contributed by atoms with Gasteiger partial charge in [-0.15, -0.1) is 11.3 Å². The number of thiazole rings is 1. The van der Waals surface area contributed by atoms with Crippen LogP contribution in [0.25, 0.3) is 5.69 Å². The van der Waals surface area contributed by atoms with Crippen molar-refractivity contribution < 1.29 is 13.6 Å². The van der Waals surface area contributed by atoms with Crippen molar-refractivity contribution in [3.05, 3.63) is 99.0 Å². The van der Waals surface area contributed by atoms with E-state index in [1.54, 1.807) is 55.1 Å². The zero-order valence-corrected chi connectivity index (χ0v) is 17.8. The third kappa shape index (κ3) is 4.69. The number of amides is 1. The Hall–Kier alpha value is -3.39. The van der Waals surface area contributed by atoms with Crippen molar-refractivity contribution in [2.45, 2.75) is 26.8 Å². The molecule has 5 nitrogen and oxygen atoms in total. The summed E-state index contributed by atoms with van der Waals surface area (Å²) in [7, 11) is 0. The largest absolute Gasteiger partial charge is 0.347 e. The second-order valence-corrected chi connectivity index (χ2v) is 8.22. The molecule has 2 heterocycles. The van der Waals surface area contributed by atoms with E-state index in [0.717, 1.165) is 10.6 Å². The molecule has 4 rings (SSSR count). The molecule has 0 unspecified atom stereocenters. The molecule has 8 heteroatoms. The van der Waals surface area contributed by atoms with Crippen LogP contribution in [0.2, 0.25) is 0 Å². The maximum atomic E-state index is 14.5. The van der Waals surface area contributed by atoms with Gasteiger partial charge < -0.3 is 9.88 Å². The van der Waals surface area contributed by atoms with Gasteiger partial charge in [-0.25, -0.2) is 18.7 Å². The summed E-state index contributed by atoms with van der Waals surface area (Å²) < 4.78 is 29.3. The molecule has 158 valence electrons. The summed E-state index contributed by atoms with van der Waals surface area (Å²) in [4.78, 5) is 21.7. The Morgan fingerprint density at radius 2 is 1.84 bits per heavy atom. The van der Waals surface area contributed by atoms with Crippen LogP contribution in [0, 0.1) is 25.5 Å². The number of carbonyl (C=O) groups is 1. The fraction of sp³-hybridized carbons (Fsp3) is 0.174. The van der Waals surface area contributed by atoms with Gasteiger partial charge in [0.2, 0.25) is 0 Å². The quantitative estimate of drug-likeness (QED) is 0.473. The zero-order chi connectivity index (χ0) is 22.0. The first kappa shape index (κ1) is 20.9. The summed E-state index contributed by atoms with van der Waals surface area (Å²) >= 11 is 1.31. The predicted octanol–water partition coefficient (Wildman–Crippen LogP) is 4.74. The average molecular weight is 439 g/mol. The molecule has 0 atom stereocenters. The Morgan fingerprint density at radius 3 is 2.52 bits per heavy atom. The molecule has 31 heavy (non-hydrogen) atoms. The summed E-state index contributed by atoms with van der Waals surface area (Å²) in [6.45, 7) is 3.78. The Bertz CT molecular complexity index is 1230. The number of aryl methyl sites for hydroxylation is 2. The molecule has 0 saturated carbocycles. The van der Waals surface area contributed by atoms with Crippen molar-refractivity contribution >= 4 is 17.2 Å². The van der Waals surface area contributed by atoms with Crippen LogP contribution in [0.1, 0.15) is 37.3 Å². The van der Waals surface area contributed by atoms with E-state index >= 15 is 0 Å². The van der Waals surface area contributed by atoms with E-state index in [2.05, 4.69) is 15.3 Å². The molecule has 4 aromatic rings. The highest BCUT2D eigenvalue weighted by molar-refractivity contribution is 7.13. The second-order valence-electron chi connectivity index (χ2n) is 7.14. The van der Waals surface area contributed by atoms with Crippen molar-refractivity contribution in [2.24, 2.45) is 0 Å². The van der Waals surface area contributed by atoms with Crippen LogP contribution in [0.15, 0.2) is 54.9 Å². The lowest BCUT2D eigenvalue weighted by Crippen LogP contribution is -2.22. The fourth-order valence-electron chi connectivity index (χ4n) is 3.27. The molecule has 0 fully saturated rings. The highest BCUT2D eigenvalue weighted by Crippen LogP contribution is 2.22. The van der Waals surface area contributed by atoms with Crippen LogP contribution < -0.4 is 5.32 Å². The van der Waals surface area contributed by atoms with Crippen molar-refractivity contribution in [1.29, 1.82) is 0 Å². The summed E-state index contributed by atoms with van der Waals surface area (Å²) in [6.07, 6.45) is 3.84. The lowest BCUT2D eigenvalue weighted by molar-refractivity contribution is 0.0954. The van der Waals surface area contributed by atoms with Gasteiger partial charge in [0.25, 0.3) is 5.91 Å². The molecular formula is C23H20F2N4OS. The number of hydrogen-bond donors (Lipinski definition) is 1. The Morgan fingerprint density at radius 1 is 1.10 bits per heavy atom. The van der Waals surface area contributed by atoms with Crippen LogP contribution in [-0.4, -0.2) is 20.4 Å². The summed E-state index contributed by atoms with van der Waals surface area (Å²) in [5.74, 6) is -0.237. The monoisotopic (exact) mass is 438 g/mol. The first-order valence-corrected chi connectivity index (χ1v) is 10.5. The van der Waals surface area contributed by atoms with Gasteiger partial charge in [-0.05, 0) is 49.2 Å². The minimum absolute atomic E-state index is 0.198. The number of benzene rings is 2. The molecule has 0 bridgehead atoms. The zero-order valence-electron chi connectivity index (χ0n) is 17.0. The van der Waals surface area contributed by atoms with Crippen LogP contribution in [0.4, 0.5) is 8.78 Å². The maximum absolute atomic E-state index is 14.5. The molecular weight excluding hydrogens is 418 g/mol. The van der Waals surface area contributed by atoms with Crippen molar-refractivity contribution in [1.82, 2.24) is 19.9 Å². The van der Waals surface area contributed by atoms with Gasteiger partial charge in [0.05, 0.1) is 16.4 Å². The minimum atomic E-state index is -0.386. The van der Waals surface area contributed by atoms with Gasteiger partial charge in [0, 0.05) is 25.4 Å². The molecule has 0 saturated heterocycles. The molecule has 2 aromatic carbocycles. The fourth-order valence-corrected chi connectivity index (χ4v) is 4.28. The molecule has 0 spiro atoms. The van der Waals surface area contributed by atoms with Gasteiger partial charge in [-0.1, -0.05) is 18.2 Å². The third-order valence-corrected chi connectivity index (χ3v) is 6.02.